The number of benzene rings is 1. The number of hydrogen-bond donors (Lipinski definition) is 1. The minimum absolute atomic E-state index is 0.167. The van der Waals surface area contributed by atoms with Gasteiger partial charge in [-0.25, -0.2) is 0 Å². The molecule has 0 aromatic heterocycles. The van der Waals surface area contributed by atoms with Gasteiger partial charge in [0.1, 0.15) is 5.69 Å². The molecule has 0 aliphatic rings. The molecule has 1 rings (SSSR count). The molecule has 0 aliphatic heterocycles. The molecule has 32 heavy (non-hydrogen) atoms. The third kappa shape index (κ3) is 13.7. The van der Waals surface area contributed by atoms with Gasteiger partial charge in [-0.15, -0.1) is 0 Å². The van der Waals surface area contributed by atoms with E-state index in [1.165, 1.54) is 114 Å². The first-order chi connectivity index (χ1) is 15.5. The first-order valence-corrected chi connectivity index (χ1v) is 13.4. The summed E-state index contributed by atoms with van der Waals surface area (Å²) in [7, 11) is 4.53. The summed E-state index contributed by atoms with van der Waals surface area (Å²) in [6, 6.07) is 8.19. The first-order valence-electron chi connectivity index (χ1n) is 13.4. The standard InChI is InChI=1S/C29H50N2O/c1-5-7-8-9-10-11-12-13-14-15-16-17-18-19-20-21-26-31(3,4)28-24-22-27(23-25-28)30-29(32)6-2/h6,22-25H,2,5,7-21,26H2,1,3-4H3/p+1. The highest BCUT2D eigenvalue weighted by atomic mass is 16.1. The van der Waals surface area contributed by atoms with Crippen LogP contribution in [0.3, 0.4) is 0 Å². The van der Waals surface area contributed by atoms with Crippen LogP contribution in [0.15, 0.2) is 36.9 Å². The number of nitrogens with one attached hydrogen (secondary N) is 1. The second-order valence-electron chi connectivity index (χ2n) is 9.95. The molecule has 3 nitrogen and oxygen atoms in total. The van der Waals surface area contributed by atoms with Crippen molar-refractivity contribution in [2.45, 2.75) is 110 Å². The first kappa shape index (κ1) is 28.4. The predicted molar refractivity (Wildman–Crippen MR) is 143 cm³/mol. The van der Waals surface area contributed by atoms with E-state index in [0.29, 0.717) is 0 Å². The van der Waals surface area contributed by atoms with Crippen LogP contribution < -0.4 is 9.80 Å². The van der Waals surface area contributed by atoms with Crippen molar-refractivity contribution >= 4 is 17.3 Å². The van der Waals surface area contributed by atoms with Crippen LogP contribution >= 0.6 is 0 Å². The largest absolute Gasteiger partial charge is 0.323 e. The molecule has 0 atom stereocenters. The molecule has 1 amide bonds. The highest BCUT2D eigenvalue weighted by molar-refractivity contribution is 5.98. The van der Waals surface area contributed by atoms with Gasteiger partial charge >= 0.3 is 0 Å². The van der Waals surface area contributed by atoms with Crippen LogP contribution in [-0.4, -0.2) is 26.5 Å². The summed E-state index contributed by atoms with van der Waals surface area (Å²) < 4.78 is 0.883. The normalized spacial score (nSPS) is 11.5. The third-order valence-corrected chi connectivity index (χ3v) is 6.59. The van der Waals surface area contributed by atoms with Gasteiger partial charge in [-0.2, -0.15) is 0 Å². The summed E-state index contributed by atoms with van der Waals surface area (Å²) in [5, 5.41) is 2.81. The van der Waals surface area contributed by atoms with Crippen LogP contribution in [0, 0.1) is 0 Å². The summed E-state index contributed by atoms with van der Waals surface area (Å²) in [4.78, 5) is 11.4. The fourth-order valence-corrected chi connectivity index (χ4v) is 4.33. The van der Waals surface area contributed by atoms with Gasteiger partial charge in [0.25, 0.3) is 0 Å². The Bertz CT molecular complexity index is 606. The SMILES string of the molecule is C=CC(=O)Nc1ccc([N+](C)(C)CCCCCCCCCCCCCCCCCC)cc1. The number of unbranched alkanes of at least 4 members (excludes halogenated alkanes) is 15. The van der Waals surface area contributed by atoms with Crippen molar-refractivity contribution in [2.24, 2.45) is 0 Å². The predicted octanol–water partition coefficient (Wildman–Crippen LogP) is 8.64. The summed E-state index contributed by atoms with van der Waals surface area (Å²) in [6.45, 7) is 6.93. The monoisotopic (exact) mass is 443 g/mol. The van der Waals surface area contributed by atoms with E-state index < -0.39 is 0 Å². The Hall–Kier alpha value is -1.61. The summed E-state index contributed by atoms with van der Waals surface area (Å²) in [6.07, 6.45) is 23.8. The van der Waals surface area contributed by atoms with Gasteiger partial charge in [0.15, 0.2) is 0 Å². The van der Waals surface area contributed by atoms with Crippen molar-refractivity contribution in [3.63, 3.8) is 0 Å². The fourth-order valence-electron chi connectivity index (χ4n) is 4.33. The number of hydrogen-bond acceptors (Lipinski definition) is 1. The second-order valence-corrected chi connectivity index (χ2v) is 9.95. The van der Waals surface area contributed by atoms with E-state index in [-0.39, 0.29) is 5.91 Å². The molecule has 0 fully saturated rings. The number of rotatable bonds is 20. The van der Waals surface area contributed by atoms with Gasteiger partial charge in [0.2, 0.25) is 5.91 Å². The maximum atomic E-state index is 11.4. The van der Waals surface area contributed by atoms with Crippen LogP contribution in [0.25, 0.3) is 0 Å². The van der Waals surface area contributed by atoms with E-state index in [1.807, 2.05) is 12.1 Å². The van der Waals surface area contributed by atoms with Crippen LogP contribution in [0.2, 0.25) is 0 Å². The molecule has 0 saturated carbocycles. The van der Waals surface area contributed by atoms with E-state index in [2.05, 4.69) is 45.0 Å². The number of carbonyl (C=O) groups is 1. The van der Waals surface area contributed by atoms with Gasteiger partial charge in [0, 0.05) is 17.8 Å². The lowest BCUT2D eigenvalue weighted by Gasteiger charge is -2.29. The Kier molecular flexibility index (Phi) is 15.9. The number of quaternary nitrogens is 1. The molecule has 182 valence electrons. The average Bonchev–Trinajstić information content (AvgIpc) is 2.79. The Balaban J connectivity index is 2.00. The quantitative estimate of drug-likeness (QED) is 0.122. The van der Waals surface area contributed by atoms with Crippen LogP contribution in [0.4, 0.5) is 11.4 Å². The van der Waals surface area contributed by atoms with Crippen molar-refractivity contribution < 1.29 is 4.79 Å². The lowest BCUT2D eigenvalue weighted by atomic mass is 10.0. The lowest BCUT2D eigenvalue weighted by molar-refractivity contribution is -0.111. The van der Waals surface area contributed by atoms with Crippen molar-refractivity contribution in [1.29, 1.82) is 0 Å². The Morgan fingerprint density at radius 1 is 0.750 bits per heavy atom. The van der Waals surface area contributed by atoms with E-state index in [1.54, 1.807) is 0 Å². The van der Waals surface area contributed by atoms with Gasteiger partial charge in [-0.3, -0.25) is 9.28 Å². The second kappa shape index (κ2) is 17.9. The molecule has 1 N–H and O–H groups in total. The van der Waals surface area contributed by atoms with E-state index in [9.17, 15) is 4.79 Å². The fraction of sp³-hybridized carbons (Fsp3) is 0.690. The Labute approximate surface area is 199 Å². The lowest BCUT2D eigenvalue weighted by Crippen LogP contribution is -2.41. The summed E-state index contributed by atoms with van der Waals surface area (Å²) >= 11 is 0. The molecule has 0 bridgehead atoms. The van der Waals surface area contributed by atoms with Gasteiger partial charge < -0.3 is 5.32 Å². The summed E-state index contributed by atoms with van der Waals surface area (Å²) in [5.74, 6) is -0.167. The van der Waals surface area contributed by atoms with Crippen molar-refractivity contribution in [3.8, 4) is 0 Å². The van der Waals surface area contributed by atoms with Crippen molar-refractivity contribution in [1.82, 2.24) is 4.48 Å². The minimum Gasteiger partial charge on any atom is -0.323 e. The van der Waals surface area contributed by atoms with Gasteiger partial charge in [0.05, 0.1) is 20.6 Å². The molecular formula is C29H51N2O+. The molecule has 0 heterocycles. The zero-order chi connectivity index (χ0) is 23.5. The van der Waals surface area contributed by atoms with Crippen LogP contribution in [-0.2, 0) is 4.79 Å². The smallest absolute Gasteiger partial charge is 0.247 e. The Morgan fingerprint density at radius 3 is 1.56 bits per heavy atom. The molecule has 3 heteroatoms. The van der Waals surface area contributed by atoms with Gasteiger partial charge in [-0.05, 0) is 31.1 Å². The zero-order valence-corrected chi connectivity index (χ0v) is 21.5. The molecule has 0 unspecified atom stereocenters. The van der Waals surface area contributed by atoms with Crippen LogP contribution in [0.1, 0.15) is 110 Å². The molecule has 0 radical (unpaired) electrons. The molecule has 1 aromatic rings. The van der Waals surface area contributed by atoms with Gasteiger partial charge in [-0.1, -0.05) is 103 Å². The number of carbonyl (C=O) groups excluding carboxylic acids is 1. The third-order valence-electron chi connectivity index (χ3n) is 6.59. The number of anilines is 1. The zero-order valence-electron chi connectivity index (χ0n) is 21.5. The highest BCUT2D eigenvalue weighted by Crippen LogP contribution is 2.23. The van der Waals surface area contributed by atoms with Crippen LogP contribution in [0.5, 0.6) is 0 Å². The Morgan fingerprint density at radius 2 is 1.16 bits per heavy atom. The maximum Gasteiger partial charge on any atom is 0.247 e. The van der Waals surface area contributed by atoms with E-state index in [4.69, 9.17) is 0 Å². The summed E-state index contributed by atoms with van der Waals surface area (Å²) in [5.41, 5.74) is 2.10. The molecule has 1 aromatic carbocycles. The number of nitrogens with zero attached hydrogens (tertiary/aromatic N) is 1. The molecule has 0 saturated heterocycles. The maximum absolute atomic E-state index is 11.4. The molecular weight excluding hydrogens is 392 g/mol. The number of amides is 1. The van der Waals surface area contributed by atoms with E-state index in [0.717, 1.165) is 16.7 Å². The average molecular weight is 444 g/mol. The molecule has 0 spiro atoms. The van der Waals surface area contributed by atoms with Crippen molar-refractivity contribution in [3.05, 3.63) is 36.9 Å². The highest BCUT2D eigenvalue weighted by Gasteiger charge is 2.18. The van der Waals surface area contributed by atoms with E-state index >= 15 is 0 Å². The molecule has 0 aliphatic carbocycles. The van der Waals surface area contributed by atoms with Crippen molar-refractivity contribution in [2.75, 3.05) is 26.0 Å². The minimum atomic E-state index is -0.167. The topological polar surface area (TPSA) is 29.1 Å².